The van der Waals surface area contributed by atoms with Gasteiger partial charge in [0, 0.05) is 16.8 Å². The van der Waals surface area contributed by atoms with Crippen molar-refractivity contribution in [2.45, 2.75) is 42.0 Å². The lowest BCUT2D eigenvalue weighted by molar-refractivity contribution is 0.601. The van der Waals surface area contributed by atoms with Gasteiger partial charge in [0.05, 0.1) is 16.7 Å². The van der Waals surface area contributed by atoms with E-state index in [1.165, 1.54) is 4.90 Å². The molecule has 30 heavy (non-hydrogen) atoms. The van der Waals surface area contributed by atoms with Gasteiger partial charge in [-0.25, -0.2) is 9.37 Å². The third-order valence-corrected chi connectivity index (χ3v) is 6.94. The molecule has 2 aromatic heterocycles. The molecule has 0 atom stereocenters. The van der Waals surface area contributed by atoms with Gasteiger partial charge in [0.2, 0.25) is 0 Å². The normalized spacial score (nSPS) is 11.3. The second kappa shape index (κ2) is 10.1. The summed E-state index contributed by atoms with van der Waals surface area (Å²) in [5, 5.41) is 0.916. The third-order valence-electron chi connectivity index (χ3n) is 4.96. The first-order valence-electron chi connectivity index (χ1n) is 10.1. The number of thioether (sulfide) groups is 2. The summed E-state index contributed by atoms with van der Waals surface area (Å²) < 4.78 is 13.9. The van der Waals surface area contributed by atoms with Crippen molar-refractivity contribution in [3.63, 3.8) is 0 Å². The topological polar surface area (TPSA) is 41.6 Å². The van der Waals surface area contributed by atoms with Crippen molar-refractivity contribution in [2.24, 2.45) is 0 Å². The van der Waals surface area contributed by atoms with E-state index < -0.39 is 0 Å². The van der Waals surface area contributed by atoms with Crippen LogP contribution in [0.4, 0.5) is 4.39 Å². The molecular formula is C24H24FN3S2. The van der Waals surface area contributed by atoms with Gasteiger partial charge < -0.3 is 4.98 Å². The van der Waals surface area contributed by atoms with Gasteiger partial charge in [0.15, 0.2) is 5.16 Å². The van der Waals surface area contributed by atoms with Crippen LogP contribution >= 0.6 is 23.5 Å². The molecule has 0 fully saturated rings. The Morgan fingerprint density at radius 2 is 1.90 bits per heavy atom. The molecule has 6 heteroatoms. The highest BCUT2D eigenvalue weighted by molar-refractivity contribution is 7.99. The SMILES string of the molecule is Cc1cccc(F)c1CCCCSc1ccnc(CSc2nc3ccccc3[nH]2)c1. The number of pyridine rings is 1. The second-order valence-corrected chi connectivity index (χ2v) is 9.30. The zero-order chi connectivity index (χ0) is 20.8. The van der Waals surface area contributed by atoms with E-state index in [9.17, 15) is 4.39 Å². The minimum absolute atomic E-state index is 0.0802. The van der Waals surface area contributed by atoms with Crippen molar-refractivity contribution >= 4 is 34.6 Å². The van der Waals surface area contributed by atoms with Crippen LogP contribution in [-0.4, -0.2) is 20.7 Å². The lowest BCUT2D eigenvalue weighted by atomic mass is 10.0. The molecule has 154 valence electrons. The summed E-state index contributed by atoms with van der Waals surface area (Å²) in [6.07, 6.45) is 4.73. The van der Waals surface area contributed by atoms with Gasteiger partial charge in [-0.3, -0.25) is 4.98 Å². The maximum absolute atomic E-state index is 13.9. The minimum Gasteiger partial charge on any atom is -0.333 e. The van der Waals surface area contributed by atoms with Crippen LogP contribution < -0.4 is 0 Å². The number of imidazole rings is 1. The molecule has 1 N–H and O–H groups in total. The van der Waals surface area contributed by atoms with Gasteiger partial charge in [0.25, 0.3) is 0 Å². The number of para-hydroxylation sites is 2. The zero-order valence-electron chi connectivity index (χ0n) is 16.9. The van der Waals surface area contributed by atoms with Crippen LogP contribution in [0.25, 0.3) is 11.0 Å². The molecule has 0 aliphatic carbocycles. The summed E-state index contributed by atoms with van der Waals surface area (Å²) in [6.45, 7) is 1.98. The molecule has 0 aliphatic heterocycles. The average Bonchev–Trinajstić information content (AvgIpc) is 3.17. The molecule has 0 spiro atoms. The summed E-state index contributed by atoms with van der Waals surface area (Å²) in [4.78, 5) is 13.7. The Balaban J connectivity index is 1.24. The number of H-pyrrole nitrogens is 1. The largest absolute Gasteiger partial charge is 0.333 e. The lowest BCUT2D eigenvalue weighted by Crippen LogP contribution is -1.95. The molecule has 4 rings (SSSR count). The quantitative estimate of drug-likeness (QED) is 0.231. The lowest BCUT2D eigenvalue weighted by Gasteiger charge is -2.07. The average molecular weight is 438 g/mol. The first kappa shape index (κ1) is 20.9. The number of aromatic amines is 1. The first-order chi connectivity index (χ1) is 14.7. The smallest absolute Gasteiger partial charge is 0.166 e. The van der Waals surface area contributed by atoms with Crippen LogP contribution in [0.15, 0.2) is 70.8 Å². The summed E-state index contributed by atoms with van der Waals surface area (Å²) in [7, 11) is 0. The summed E-state index contributed by atoms with van der Waals surface area (Å²) in [5.41, 5.74) is 5.00. The minimum atomic E-state index is -0.0802. The van der Waals surface area contributed by atoms with Gasteiger partial charge in [-0.1, -0.05) is 36.0 Å². The Labute approximate surface area is 184 Å². The number of hydrogen-bond donors (Lipinski definition) is 1. The number of aromatic nitrogens is 3. The van der Waals surface area contributed by atoms with Gasteiger partial charge in [-0.15, -0.1) is 11.8 Å². The summed E-state index contributed by atoms with van der Waals surface area (Å²) >= 11 is 3.50. The zero-order valence-corrected chi connectivity index (χ0v) is 18.5. The van der Waals surface area contributed by atoms with Gasteiger partial charge in [0.1, 0.15) is 5.82 Å². The molecule has 4 aromatic rings. The van der Waals surface area contributed by atoms with Crippen LogP contribution in [-0.2, 0) is 12.2 Å². The second-order valence-electron chi connectivity index (χ2n) is 7.17. The fraction of sp³-hybridized carbons (Fsp3) is 0.250. The Morgan fingerprint density at radius 3 is 2.77 bits per heavy atom. The molecule has 2 aromatic carbocycles. The number of aryl methyl sites for hydroxylation is 1. The van der Waals surface area contributed by atoms with Crippen molar-refractivity contribution in [3.8, 4) is 0 Å². The van der Waals surface area contributed by atoms with Crippen molar-refractivity contribution in [2.75, 3.05) is 5.75 Å². The number of hydrogen-bond acceptors (Lipinski definition) is 4. The van der Waals surface area contributed by atoms with Gasteiger partial charge in [-0.05, 0) is 73.4 Å². The molecule has 0 aliphatic rings. The molecule has 0 radical (unpaired) electrons. The van der Waals surface area contributed by atoms with E-state index in [-0.39, 0.29) is 5.82 Å². The maximum atomic E-state index is 13.9. The summed E-state index contributed by atoms with van der Waals surface area (Å²) in [5.74, 6) is 1.72. The Hall–Kier alpha value is -2.31. The predicted molar refractivity (Wildman–Crippen MR) is 125 cm³/mol. The molecule has 0 saturated carbocycles. The van der Waals surface area contributed by atoms with Gasteiger partial charge >= 0.3 is 0 Å². The summed E-state index contributed by atoms with van der Waals surface area (Å²) in [6, 6.07) is 17.6. The first-order valence-corrected chi connectivity index (χ1v) is 12.1. The maximum Gasteiger partial charge on any atom is 0.166 e. The van der Waals surface area contributed by atoms with E-state index in [1.807, 2.05) is 55.2 Å². The van der Waals surface area contributed by atoms with Crippen molar-refractivity contribution in [1.82, 2.24) is 15.0 Å². The number of nitrogens with zero attached hydrogens (tertiary/aromatic N) is 2. The number of nitrogens with one attached hydrogen (secondary N) is 1. The predicted octanol–water partition coefficient (Wildman–Crippen LogP) is 6.81. The molecule has 0 bridgehead atoms. The van der Waals surface area contributed by atoms with E-state index in [0.29, 0.717) is 0 Å². The number of halogens is 1. The number of benzene rings is 2. The van der Waals surface area contributed by atoms with E-state index in [2.05, 4.69) is 27.1 Å². The highest BCUT2D eigenvalue weighted by atomic mass is 32.2. The van der Waals surface area contributed by atoms with Gasteiger partial charge in [-0.2, -0.15) is 0 Å². The van der Waals surface area contributed by atoms with E-state index in [1.54, 1.807) is 23.9 Å². The van der Waals surface area contributed by atoms with E-state index in [0.717, 1.165) is 63.8 Å². The van der Waals surface area contributed by atoms with Crippen LogP contribution in [0.5, 0.6) is 0 Å². The molecule has 0 amide bonds. The molecule has 2 heterocycles. The molecule has 3 nitrogen and oxygen atoms in total. The van der Waals surface area contributed by atoms with Crippen LogP contribution in [0, 0.1) is 12.7 Å². The number of unbranched alkanes of at least 4 members (excludes halogenated alkanes) is 1. The number of rotatable bonds is 9. The van der Waals surface area contributed by atoms with E-state index in [4.69, 9.17) is 0 Å². The molecular weight excluding hydrogens is 413 g/mol. The monoisotopic (exact) mass is 437 g/mol. The highest BCUT2D eigenvalue weighted by Crippen LogP contribution is 2.25. The third kappa shape index (κ3) is 5.43. The van der Waals surface area contributed by atoms with Crippen molar-refractivity contribution in [3.05, 3.63) is 83.4 Å². The number of fused-ring (bicyclic) bond motifs is 1. The van der Waals surface area contributed by atoms with Crippen LogP contribution in [0.2, 0.25) is 0 Å². The Kier molecular flexibility index (Phi) is 7.07. The van der Waals surface area contributed by atoms with Crippen LogP contribution in [0.1, 0.15) is 29.7 Å². The van der Waals surface area contributed by atoms with E-state index >= 15 is 0 Å². The Morgan fingerprint density at radius 1 is 1.00 bits per heavy atom. The van der Waals surface area contributed by atoms with Crippen LogP contribution in [0.3, 0.4) is 0 Å². The standard InChI is InChI=1S/C24H24FN3S2/c1-17-7-6-9-21(25)20(17)8-4-5-14-29-19-12-13-26-18(15-19)16-30-24-27-22-10-2-3-11-23(22)28-24/h2-3,6-7,9-13,15H,4-5,8,14,16H2,1H3,(H,27,28). The fourth-order valence-corrected chi connectivity index (χ4v) is 5.09. The Bertz CT molecular complexity index is 1070. The van der Waals surface area contributed by atoms with Crippen molar-refractivity contribution in [1.29, 1.82) is 0 Å². The fourth-order valence-electron chi connectivity index (χ4n) is 3.34. The van der Waals surface area contributed by atoms with Crippen molar-refractivity contribution < 1.29 is 4.39 Å². The molecule has 0 unspecified atom stereocenters. The molecule has 0 saturated heterocycles. The highest BCUT2D eigenvalue weighted by Gasteiger charge is 2.06.